The molecule has 0 saturated heterocycles. The zero-order chi connectivity index (χ0) is 32.0. The van der Waals surface area contributed by atoms with Crippen LogP contribution in [0.5, 0.6) is 0 Å². The van der Waals surface area contributed by atoms with Gasteiger partial charge in [-0.1, -0.05) is 12.7 Å². The lowest BCUT2D eigenvalue weighted by Crippen LogP contribution is -2.01. The van der Waals surface area contributed by atoms with Gasteiger partial charge in [0.05, 0.1) is 37.0 Å². The van der Waals surface area contributed by atoms with Gasteiger partial charge in [0, 0.05) is 40.5 Å². The number of esters is 2. The highest BCUT2D eigenvalue weighted by Crippen LogP contribution is 2.45. The van der Waals surface area contributed by atoms with Crippen molar-refractivity contribution < 1.29 is 19.1 Å². The lowest BCUT2D eigenvalue weighted by atomic mass is 9.98. The number of rotatable bonds is 8. The van der Waals surface area contributed by atoms with Crippen LogP contribution < -0.4 is 0 Å². The Kier molecular flexibility index (Phi) is 8.08. The van der Waals surface area contributed by atoms with Crippen molar-refractivity contribution in [2.45, 2.75) is 72.1 Å². The number of nitrogens with zero attached hydrogens (tertiary/aromatic N) is 2. The fourth-order valence-electron chi connectivity index (χ4n) is 6.60. The molecule has 1 fully saturated rings. The summed E-state index contributed by atoms with van der Waals surface area (Å²) in [6.45, 7) is 12.5. The predicted molar refractivity (Wildman–Crippen MR) is 180 cm³/mol. The van der Waals surface area contributed by atoms with E-state index in [1.54, 1.807) is 0 Å². The SMILES string of the molecule is C=Cc1c(C)c2cc3nc(cc4nc(cc5[nH]c(cc1[nH]2)c(C)c5C1CC1)C(C)=C4CCC(=O)OC)C(CCC(=O)OC)=C3C. The van der Waals surface area contributed by atoms with Gasteiger partial charge < -0.3 is 19.4 Å². The fourth-order valence-corrected chi connectivity index (χ4v) is 6.60. The van der Waals surface area contributed by atoms with Gasteiger partial charge in [-0.25, -0.2) is 9.97 Å². The van der Waals surface area contributed by atoms with E-state index in [0.717, 1.165) is 78.3 Å². The minimum atomic E-state index is -0.272. The van der Waals surface area contributed by atoms with Crippen molar-refractivity contribution >= 4 is 62.4 Å². The maximum atomic E-state index is 12.2. The molecule has 232 valence electrons. The van der Waals surface area contributed by atoms with Crippen LogP contribution >= 0.6 is 0 Å². The van der Waals surface area contributed by atoms with Crippen LogP contribution in [0.15, 0.2) is 30.8 Å². The summed E-state index contributed by atoms with van der Waals surface area (Å²) in [5.74, 6) is -0.0118. The van der Waals surface area contributed by atoms with Crippen molar-refractivity contribution in [3.8, 4) is 0 Å². The molecule has 8 heteroatoms. The van der Waals surface area contributed by atoms with Gasteiger partial charge >= 0.3 is 11.9 Å². The van der Waals surface area contributed by atoms with Crippen LogP contribution in [0.3, 0.4) is 0 Å². The Bertz CT molecular complexity index is 1980. The number of methoxy groups -OCH3 is 2. The maximum Gasteiger partial charge on any atom is 0.305 e. The lowest BCUT2D eigenvalue weighted by molar-refractivity contribution is -0.141. The lowest BCUT2D eigenvalue weighted by Gasteiger charge is -2.06. The first-order chi connectivity index (χ1) is 21.6. The highest BCUT2D eigenvalue weighted by atomic mass is 16.5. The largest absolute Gasteiger partial charge is 0.469 e. The quantitative estimate of drug-likeness (QED) is 0.251. The molecule has 3 aromatic heterocycles. The van der Waals surface area contributed by atoms with E-state index in [9.17, 15) is 9.59 Å². The van der Waals surface area contributed by atoms with Crippen LogP contribution in [-0.4, -0.2) is 46.1 Å². The Balaban J connectivity index is 1.69. The maximum absolute atomic E-state index is 12.2. The minimum absolute atomic E-state index is 0.241. The first-order valence-electron chi connectivity index (χ1n) is 15.6. The summed E-state index contributed by atoms with van der Waals surface area (Å²) in [6.07, 6.45) is 5.71. The molecule has 0 aromatic carbocycles. The molecular formula is C37H40N4O4. The number of aromatic nitrogens is 4. The summed E-state index contributed by atoms with van der Waals surface area (Å²) in [5, 5.41) is 0. The van der Waals surface area contributed by atoms with E-state index in [-0.39, 0.29) is 24.8 Å². The van der Waals surface area contributed by atoms with Crippen molar-refractivity contribution in [3.05, 3.63) is 75.9 Å². The molecule has 0 radical (unpaired) electrons. The van der Waals surface area contributed by atoms with Gasteiger partial charge in [-0.3, -0.25) is 9.59 Å². The Hall–Kier alpha value is -4.72. The van der Waals surface area contributed by atoms with Gasteiger partial charge in [-0.2, -0.15) is 0 Å². The van der Waals surface area contributed by atoms with Crippen LogP contribution in [0.25, 0.3) is 50.4 Å². The van der Waals surface area contributed by atoms with Gasteiger partial charge in [0.2, 0.25) is 0 Å². The molecule has 1 aliphatic carbocycles. The summed E-state index contributed by atoms with van der Waals surface area (Å²) < 4.78 is 9.92. The standard InChI is InChI=1S/C37H40N4O4/c1-8-24-19(2)27-15-28-20(3)25(11-13-35(42)44-6)32(39-28)18-33-26(12-14-36(43)45-7)21(4)29(40-33)17-34-37(23-9-10-23)22(5)30(41-34)16-31(24)38-27/h8,15-18,23,38,41H,1,9-14H2,2-7H3. The number of hydrogen-bond acceptors (Lipinski definition) is 6. The van der Waals surface area contributed by atoms with Crippen molar-refractivity contribution in [1.29, 1.82) is 0 Å². The zero-order valence-electron chi connectivity index (χ0n) is 26.9. The third-order valence-electron chi connectivity index (χ3n) is 9.44. The number of allylic oxidation sites excluding steroid dienone is 4. The molecule has 3 aliphatic rings. The molecule has 0 spiro atoms. The van der Waals surface area contributed by atoms with Crippen molar-refractivity contribution in [2.24, 2.45) is 0 Å². The third-order valence-corrected chi connectivity index (χ3v) is 9.44. The van der Waals surface area contributed by atoms with Crippen LogP contribution in [0.2, 0.25) is 0 Å². The summed E-state index contributed by atoms with van der Waals surface area (Å²) in [7, 11) is 2.82. The van der Waals surface area contributed by atoms with Crippen LogP contribution in [0, 0.1) is 13.8 Å². The number of aromatic amines is 2. The number of nitrogens with one attached hydrogen (secondary N) is 2. The molecule has 0 amide bonds. The highest BCUT2D eigenvalue weighted by molar-refractivity contribution is 5.97. The van der Waals surface area contributed by atoms with Gasteiger partial charge in [0.1, 0.15) is 0 Å². The molecule has 2 aliphatic heterocycles. The van der Waals surface area contributed by atoms with E-state index in [0.29, 0.717) is 18.8 Å². The van der Waals surface area contributed by atoms with Crippen molar-refractivity contribution in [3.63, 3.8) is 0 Å². The number of aryl methyl sites for hydroxylation is 2. The molecule has 1 saturated carbocycles. The number of ether oxygens (including phenoxy) is 2. The van der Waals surface area contributed by atoms with E-state index in [4.69, 9.17) is 19.4 Å². The third kappa shape index (κ3) is 5.65. The highest BCUT2D eigenvalue weighted by Gasteiger charge is 2.29. The van der Waals surface area contributed by atoms with E-state index < -0.39 is 0 Å². The van der Waals surface area contributed by atoms with Crippen molar-refractivity contribution in [1.82, 2.24) is 19.9 Å². The van der Waals surface area contributed by atoms with Crippen LogP contribution in [0.1, 0.15) is 103 Å². The normalized spacial score (nSPS) is 14.6. The number of carbonyl (C=O) groups is 2. The fraction of sp³-hybridized carbons (Fsp3) is 0.351. The second kappa shape index (κ2) is 12.0. The molecule has 3 aromatic rings. The molecule has 8 bridgehead atoms. The Morgan fingerprint density at radius 2 is 1.27 bits per heavy atom. The number of hydrogen-bond donors (Lipinski definition) is 2. The Labute approximate surface area is 263 Å². The smallest absolute Gasteiger partial charge is 0.305 e. The van der Waals surface area contributed by atoms with Crippen LogP contribution in [-0.2, 0) is 19.1 Å². The molecule has 0 unspecified atom stereocenters. The summed E-state index contributed by atoms with van der Waals surface area (Å²) in [4.78, 5) is 42.0. The average molecular weight is 605 g/mol. The first-order valence-corrected chi connectivity index (χ1v) is 15.6. The second-order valence-corrected chi connectivity index (χ2v) is 12.2. The molecular weight excluding hydrogens is 564 g/mol. The van der Waals surface area contributed by atoms with E-state index >= 15 is 0 Å². The molecule has 6 rings (SSSR count). The minimum Gasteiger partial charge on any atom is -0.469 e. The molecule has 2 N–H and O–H groups in total. The molecule has 5 heterocycles. The molecule has 45 heavy (non-hydrogen) atoms. The number of fused-ring (bicyclic) bond motifs is 8. The molecule has 8 nitrogen and oxygen atoms in total. The number of carbonyl (C=O) groups excluding carboxylic acids is 2. The predicted octanol–water partition coefficient (Wildman–Crippen LogP) is 8.22. The summed E-state index contributed by atoms with van der Waals surface area (Å²) in [6, 6.07) is 8.40. The zero-order valence-corrected chi connectivity index (χ0v) is 26.9. The van der Waals surface area contributed by atoms with E-state index in [1.807, 2.05) is 19.1 Å². The van der Waals surface area contributed by atoms with E-state index in [1.165, 1.54) is 38.2 Å². The van der Waals surface area contributed by atoms with E-state index in [2.05, 4.69) is 55.5 Å². The molecule has 0 atom stereocenters. The Morgan fingerprint density at radius 1 is 0.756 bits per heavy atom. The summed E-state index contributed by atoms with van der Waals surface area (Å²) >= 11 is 0. The van der Waals surface area contributed by atoms with Gasteiger partial charge in [0.15, 0.2) is 0 Å². The topological polar surface area (TPSA) is 110 Å². The van der Waals surface area contributed by atoms with Gasteiger partial charge in [0.25, 0.3) is 0 Å². The Morgan fingerprint density at radius 3 is 1.78 bits per heavy atom. The van der Waals surface area contributed by atoms with Gasteiger partial charge in [-0.15, -0.1) is 0 Å². The first kappa shape index (κ1) is 30.3. The monoisotopic (exact) mass is 604 g/mol. The number of H-pyrrole nitrogens is 2. The van der Waals surface area contributed by atoms with Crippen molar-refractivity contribution in [2.75, 3.05) is 14.2 Å². The van der Waals surface area contributed by atoms with Crippen LogP contribution in [0.4, 0.5) is 0 Å². The van der Waals surface area contributed by atoms with Gasteiger partial charge in [-0.05, 0) is 123 Å². The second-order valence-electron chi connectivity index (χ2n) is 12.2. The summed E-state index contributed by atoms with van der Waals surface area (Å²) in [5.41, 5.74) is 16.0. The average Bonchev–Trinajstić information content (AvgIpc) is 3.58.